The molecule has 0 spiro atoms. The zero-order chi connectivity index (χ0) is 27.9. The minimum absolute atomic E-state index is 0.618. The van der Waals surface area contributed by atoms with E-state index in [-0.39, 0.29) is 0 Å². The van der Waals surface area contributed by atoms with Crippen LogP contribution in [0.15, 0.2) is 102 Å². The number of nitriles is 1. The first-order valence-corrected chi connectivity index (χ1v) is 14.7. The number of fused-ring (bicyclic) bond motifs is 3. The van der Waals surface area contributed by atoms with Crippen molar-refractivity contribution in [3.05, 3.63) is 114 Å². The zero-order valence-electron chi connectivity index (χ0n) is 23.7. The first-order valence-electron chi connectivity index (χ1n) is 14.7. The van der Waals surface area contributed by atoms with Gasteiger partial charge in [0.15, 0.2) is 6.20 Å². The molecule has 1 aliphatic rings. The van der Waals surface area contributed by atoms with E-state index >= 15 is 0 Å². The Morgan fingerprint density at radius 2 is 1.46 bits per heavy atom. The molecule has 0 amide bonds. The van der Waals surface area contributed by atoms with Crippen molar-refractivity contribution in [3.63, 3.8) is 0 Å². The third-order valence-corrected chi connectivity index (χ3v) is 8.92. The number of aromatic nitrogens is 1. The smallest absolute Gasteiger partial charge is 0.216 e. The van der Waals surface area contributed by atoms with Crippen molar-refractivity contribution in [3.8, 4) is 39.6 Å². The van der Waals surface area contributed by atoms with Crippen molar-refractivity contribution in [1.29, 1.82) is 5.26 Å². The lowest BCUT2D eigenvalue weighted by molar-refractivity contribution is -0.660. The Balaban J connectivity index is 1.35. The largest absolute Gasteiger partial charge is 0.454 e. The van der Waals surface area contributed by atoms with Crippen molar-refractivity contribution in [2.45, 2.75) is 44.9 Å². The van der Waals surface area contributed by atoms with E-state index in [1.54, 1.807) is 0 Å². The number of hydrogen-bond acceptors (Lipinski definition) is 2. The van der Waals surface area contributed by atoms with Crippen molar-refractivity contribution < 1.29 is 8.98 Å². The van der Waals surface area contributed by atoms with E-state index in [0.717, 1.165) is 49.9 Å². The zero-order valence-corrected chi connectivity index (χ0v) is 23.7. The number of hydrogen-bond donors (Lipinski definition) is 0. The second kappa shape index (κ2) is 10.4. The number of furan rings is 1. The molecule has 4 aromatic carbocycles. The first-order chi connectivity index (χ1) is 20.1. The number of aryl methyl sites for hydroxylation is 2. The standard InChI is InChI=1S/C38H33N2O/c1-25-14-20-32-33-21-19-31(24-39)36(38(33)41-37(32)35(25)34-13-6-7-22-40(34)2)28-17-15-27(16-18-28)30-12-8-11-29(23-30)26-9-4-3-5-10-26/h6-8,11-23,26H,3-5,9-10H2,1-2H3/q+1. The van der Waals surface area contributed by atoms with Gasteiger partial charge in [0, 0.05) is 28.5 Å². The normalized spacial score (nSPS) is 14.0. The fourth-order valence-electron chi connectivity index (χ4n) is 6.72. The highest BCUT2D eigenvalue weighted by Crippen LogP contribution is 2.42. The number of nitrogens with zero attached hydrogens (tertiary/aromatic N) is 2. The maximum atomic E-state index is 10.1. The molecule has 0 N–H and O–H groups in total. The van der Waals surface area contributed by atoms with Gasteiger partial charge in [0.2, 0.25) is 5.69 Å². The van der Waals surface area contributed by atoms with Crippen molar-refractivity contribution >= 4 is 21.9 Å². The monoisotopic (exact) mass is 533 g/mol. The average molecular weight is 534 g/mol. The molecule has 41 heavy (non-hydrogen) atoms. The van der Waals surface area contributed by atoms with E-state index in [1.165, 1.54) is 48.8 Å². The Hall–Kier alpha value is -4.68. The highest BCUT2D eigenvalue weighted by atomic mass is 16.3. The summed E-state index contributed by atoms with van der Waals surface area (Å²) in [5.41, 5.74) is 11.3. The van der Waals surface area contributed by atoms with Gasteiger partial charge in [0.05, 0.1) is 17.2 Å². The van der Waals surface area contributed by atoms with Crippen molar-refractivity contribution in [1.82, 2.24) is 0 Å². The predicted octanol–water partition coefficient (Wildman–Crippen LogP) is 9.64. The van der Waals surface area contributed by atoms with Crippen LogP contribution in [-0.2, 0) is 7.05 Å². The van der Waals surface area contributed by atoms with E-state index < -0.39 is 0 Å². The highest BCUT2D eigenvalue weighted by molar-refractivity contribution is 6.14. The molecule has 0 atom stereocenters. The van der Waals surface area contributed by atoms with Crippen LogP contribution in [0.2, 0.25) is 0 Å². The van der Waals surface area contributed by atoms with E-state index in [9.17, 15) is 5.26 Å². The van der Waals surface area contributed by atoms with Crippen molar-refractivity contribution in [2.75, 3.05) is 0 Å². The molecular formula is C38H33N2O+. The van der Waals surface area contributed by atoms with Crippen LogP contribution in [0.1, 0.15) is 54.7 Å². The molecule has 1 saturated carbocycles. The van der Waals surface area contributed by atoms with Crippen LogP contribution in [0.3, 0.4) is 0 Å². The quantitative estimate of drug-likeness (QED) is 0.212. The maximum Gasteiger partial charge on any atom is 0.216 e. The molecular weight excluding hydrogens is 500 g/mol. The van der Waals surface area contributed by atoms with Gasteiger partial charge in [-0.15, -0.1) is 0 Å². The van der Waals surface area contributed by atoms with Crippen LogP contribution >= 0.6 is 0 Å². The molecule has 200 valence electrons. The van der Waals surface area contributed by atoms with Gasteiger partial charge in [-0.2, -0.15) is 5.26 Å². The molecule has 1 aliphatic carbocycles. The van der Waals surface area contributed by atoms with E-state index in [0.29, 0.717) is 11.5 Å². The van der Waals surface area contributed by atoms with Gasteiger partial charge in [-0.25, -0.2) is 4.57 Å². The Bertz CT molecular complexity index is 1950. The van der Waals surface area contributed by atoms with Gasteiger partial charge in [-0.1, -0.05) is 79.9 Å². The summed E-state index contributed by atoms with van der Waals surface area (Å²) < 4.78 is 8.86. The first kappa shape index (κ1) is 25.3. The molecule has 3 nitrogen and oxygen atoms in total. The Morgan fingerprint density at radius 3 is 2.22 bits per heavy atom. The molecule has 7 rings (SSSR count). The van der Waals surface area contributed by atoms with Crippen LogP contribution in [-0.4, -0.2) is 0 Å². The van der Waals surface area contributed by atoms with Gasteiger partial charge in [0.1, 0.15) is 18.2 Å². The SMILES string of the molecule is Cc1ccc2c(oc3c(-c4ccc(-c5cccc(C6CCCCC6)c5)cc4)c(C#N)ccc32)c1-c1cccc[n+]1C. The van der Waals surface area contributed by atoms with Crippen LogP contribution in [0.25, 0.3) is 55.4 Å². The number of pyridine rings is 1. The molecule has 3 heteroatoms. The number of benzene rings is 4. The third kappa shape index (κ3) is 4.41. The summed E-state index contributed by atoms with van der Waals surface area (Å²) >= 11 is 0. The second-order valence-electron chi connectivity index (χ2n) is 11.4. The minimum atomic E-state index is 0.618. The van der Waals surface area contributed by atoms with Crippen LogP contribution in [0, 0.1) is 18.3 Å². The maximum absolute atomic E-state index is 10.1. The molecule has 6 aromatic rings. The van der Waals surface area contributed by atoms with Gasteiger partial charge in [-0.05, 0) is 71.7 Å². The van der Waals surface area contributed by atoms with E-state index in [1.807, 2.05) is 18.2 Å². The fourth-order valence-corrected chi connectivity index (χ4v) is 6.72. The van der Waals surface area contributed by atoms with Crippen LogP contribution < -0.4 is 4.57 Å². The summed E-state index contributed by atoms with van der Waals surface area (Å²) in [7, 11) is 2.06. The summed E-state index contributed by atoms with van der Waals surface area (Å²) in [5, 5.41) is 12.2. The molecule has 0 unspecified atom stereocenters. The molecule has 0 saturated heterocycles. The number of rotatable bonds is 4. The van der Waals surface area contributed by atoms with Crippen molar-refractivity contribution in [2.24, 2.45) is 7.05 Å². The second-order valence-corrected chi connectivity index (χ2v) is 11.4. The summed E-state index contributed by atoms with van der Waals surface area (Å²) in [6.45, 7) is 2.12. The summed E-state index contributed by atoms with van der Waals surface area (Å²) in [4.78, 5) is 0. The van der Waals surface area contributed by atoms with E-state index in [2.05, 4.69) is 104 Å². The lowest BCUT2D eigenvalue weighted by Gasteiger charge is -2.22. The highest BCUT2D eigenvalue weighted by Gasteiger charge is 2.23. The average Bonchev–Trinajstić information content (AvgIpc) is 3.40. The third-order valence-electron chi connectivity index (χ3n) is 8.92. The molecule has 0 radical (unpaired) electrons. The Labute approximate surface area is 241 Å². The minimum Gasteiger partial charge on any atom is -0.454 e. The molecule has 2 aromatic heterocycles. The van der Waals surface area contributed by atoms with Gasteiger partial charge < -0.3 is 4.42 Å². The predicted molar refractivity (Wildman–Crippen MR) is 166 cm³/mol. The van der Waals surface area contributed by atoms with Gasteiger partial charge in [-0.3, -0.25) is 0 Å². The fraction of sp³-hybridized carbons (Fsp3) is 0.211. The topological polar surface area (TPSA) is 40.8 Å². The van der Waals surface area contributed by atoms with Crippen LogP contribution in [0.5, 0.6) is 0 Å². The van der Waals surface area contributed by atoms with Gasteiger partial charge in [0.25, 0.3) is 0 Å². The van der Waals surface area contributed by atoms with Crippen LogP contribution in [0.4, 0.5) is 0 Å². The Morgan fingerprint density at radius 1 is 0.732 bits per heavy atom. The molecule has 2 heterocycles. The lowest BCUT2D eigenvalue weighted by atomic mass is 9.83. The van der Waals surface area contributed by atoms with E-state index in [4.69, 9.17) is 4.42 Å². The molecule has 1 fully saturated rings. The summed E-state index contributed by atoms with van der Waals surface area (Å²) in [5.74, 6) is 0.679. The van der Waals surface area contributed by atoms with Gasteiger partial charge >= 0.3 is 0 Å². The summed E-state index contributed by atoms with van der Waals surface area (Å²) in [6.07, 6.45) is 8.69. The Kier molecular flexibility index (Phi) is 6.40. The lowest BCUT2D eigenvalue weighted by Crippen LogP contribution is -2.30. The summed E-state index contributed by atoms with van der Waals surface area (Å²) in [6, 6.07) is 34.6. The molecule has 0 aliphatic heterocycles. The molecule has 0 bridgehead atoms.